The highest BCUT2D eigenvalue weighted by Gasteiger charge is 2.26. The Balaban J connectivity index is 2.28. The second-order valence-electron chi connectivity index (χ2n) is 3.81. The van der Waals surface area contributed by atoms with E-state index in [1.807, 2.05) is 12.1 Å². The average molecular weight is 259 g/mol. The topological polar surface area (TPSA) is 20.2 Å². The first-order valence-corrected chi connectivity index (χ1v) is 5.59. The number of aliphatic hydroxyl groups excluding tert-OH is 1. The van der Waals surface area contributed by atoms with E-state index in [1.165, 1.54) is 0 Å². The number of hydrogen-bond donors (Lipinski definition) is 1. The molecule has 1 nitrogen and oxygen atoms in total. The second-order valence-corrected chi connectivity index (χ2v) is 4.66. The third kappa shape index (κ3) is 1.84. The van der Waals surface area contributed by atoms with E-state index in [0.29, 0.717) is 10.9 Å². The van der Waals surface area contributed by atoms with Crippen LogP contribution in [0.1, 0.15) is 30.7 Å². The van der Waals surface area contributed by atoms with Gasteiger partial charge < -0.3 is 5.11 Å². The van der Waals surface area contributed by atoms with Crippen molar-refractivity contribution in [1.82, 2.24) is 0 Å². The first-order valence-electron chi connectivity index (χ1n) is 4.80. The minimum atomic E-state index is -0.251. The Morgan fingerprint density at radius 2 is 2.14 bits per heavy atom. The summed E-state index contributed by atoms with van der Waals surface area (Å²) in [5.41, 5.74) is 0.732. The lowest BCUT2D eigenvalue weighted by Crippen LogP contribution is -2.01. The Morgan fingerprint density at radius 3 is 2.79 bits per heavy atom. The van der Waals surface area contributed by atoms with Crippen molar-refractivity contribution in [2.45, 2.75) is 31.3 Å². The van der Waals surface area contributed by atoms with E-state index in [4.69, 9.17) is 0 Å². The summed E-state index contributed by atoms with van der Waals surface area (Å²) in [4.78, 5) is 0. The molecule has 0 amide bonds. The fourth-order valence-electron chi connectivity index (χ4n) is 2.08. The van der Waals surface area contributed by atoms with Gasteiger partial charge in [0.15, 0.2) is 0 Å². The van der Waals surface area contributed by atoms with Crippen molar-refractivity contribution in [3.05, 3.63) is 34.1 Å². The van der Waals surface area contributed by atoms with Crippen molar-refractivity contribution >= 4 is 15.9 Å². The van der Waals surface area contributed by atoms with Gasteiger partial charge in [0.1, 0.15) is 5.82 Å². The molecule has 3 heteroatoms. The molecule has 1 aromatic rings. The summed E-state index contributed by atoms with van der Waals surface area (Å²) in [5.74, 6) is 0.00843. The molecule has 0 radical (unpaired) electrons. The molecule has 1 aliphatic carbocycles. The van der Waals surface area contributed by atoms with E-state index >= 15 is 0 Å². The van der Waals surface area contributed by atoms with Gasteiger partial charge in [0.25, 0.3) is 0 Å². The largest absolute Gasteiger partial charge is 0.393 e. The van der Waals surface area contributed by atoms with Gasteiger partial charge in [0.2, 0.25) is 0 Å². The summed E-state index contributed by atoms with van der Waals surface area (Å²) in [5, 5.41) is 9.39. The van der Waals surface area contributed by atoms with Crippen molar-refractivity contribution in [3.8, 4) is 0 Å². The molecule has 1 N–H and O–H groups in total. The lowest BCUT2D eigenvalue weighted by atomic mass is 9.97. The van der Waals surface area contributed by atoms with Crippen molar-refractivity contribution in [2.75, 3.05) is 0 Å². The highest BCUT2D eigenvalue weighted by atomic mass is 79.9. The van der Waals surface area contributed by atoms with Crippen LogP contribution in [0.3, 0.4) is 0 Å². The first-order chi connectivity index (χ1) is 6.68. The first kappa shape index (κ1) is 10.1. The molecule has 1 aromatic carbocycles. The molecule has 0 heterocycles. The molecule has 1 fully saturated rings. The Morgan fingerprint density at radius 1 is 1.36 bits per heavy atom. The van der Waals surface area contributed by atoms with Crippen LogP contribution in [0.15, 0.2) is 22.7 Å². The standard InChI is InChI=1S/C11H12BrFO/c12-10-3-1-2-9(11(10)13)7-4-5-8(14)6-7/h1-3,7-8,14H,4-6H2. The smallest absolute Gasteiger partial charge is 0.140 e. The summed E-state index contributed by atoms with van der Waals surface area (Å²) >= 11 is 3.17. The molecule has 0 aliphatic heterocycles. The average Bonchev–Trinajstić information content (AvgIpc) is 2.57. The van der Waals surface area contributed by atoms with Gasteiger partial charge in [-0.25, -0.2) is 4.39 Å². The molecule has 0 aromatic heterocycles. The van der Waals surface area contributed by atoms with Crippen molar-refractivity contribution in [2.24, 2.45) is 0 Å². The van der Waals surface area contributed by atoms with E-state index in [1.54, 1.807) is 6.07 Å². The fraction of sp³-hybridized carbons (Fsp3) is 0.455. The number of aliphatic hydroxyl groups is 1. The predicted octanol–water partition coefficient (Wildman–Crippen LogP) is 3.22. The van der Waals surface area contributed by atoms with E-state index in [0.717, 1.165) is 18.4 Å². The van der Waals surface area contributed by atoms with Crippen LogP contribution in [0.25, 0.3) is 0 Å². The van der Waals surface area contributed by atoms with Gasteiger partial charge in [-0.2, -0.15) is 0 Å². The molecule has 0 spiro atoms. The summed E-state index contributed by atoms with van der Waals surface area (Å²) in [6, 6.07) is 5.35. The van der Waals surface area contributed by atoms with Gasteiger partial charge in [0.05, 0.1) is 10.6 Å². The predicted molar refractivity (Wildman–Crippen MR) is 56.7 cm³/mol. The molecule has 2 atom stereocenters. The second kappa shape index (κ2) is 3.99. The van der Waals surface area contributed by atoms with Gasteiger partial charge >= 0.3 is 0 Å². The maximum Gasteiger partial charge on any atom is 0.140 e. The highest BCUT2D eigenvalue weighted by molar-refractivity contribution is 9.10. The Bertz CT molecular complexity index is 340. The van der Waals surface area contributed by atoms with Crippen LogP contribution >= 0.6 is 15.9 Å². The molecule has 1 aliphatic rings. The van der Waals surface area contributed by atoms with Crippen LogP contribution in [-0.2, 0) is 0 Å². The highest BCUT2D eigenvalue weighted by Crippen LogP contribution is 2.37. The summed E-state index contributed by atoms with van der Waals surface area (Å²) < 4.78 is 14.2. The molecular formula is C11H12BrFO. The monoisotopic (exact) mass is 258 g/mol. The van der Waals surface area contributed by atoms with Crippen molar-refractivity contribution < 1.29 is 9.50 Å². The zero-order valence-corrected chi connectivity index (χ0v) is 9.30. The molecule has 76 valence electrons. The maximum atomic E-state index is 13.7. The normalized spacial score (nSPS) is 26.8. The third-order valence-electron chi connectivity index (χ3n) is 2.83. The van der Waals surface area contributed by atoms with E-state index in [-0.39, 0.29) is 17.8 Å². The molecule has 1 saturated carbocycles. The number of hydrogen-bond acceptors (Lipinski definition) is 1. The quantitative estimate of drug-likeness (QED) is 0.821. The summed E-state index contributed by atoms with van der Waals surface area (Å²) in [6.07, 6.45) is 2.11. The molecule has 0 bridgehead atoms. The third-order valence-corrected chi connectivity index (χ3v) is 3.44. The van der Waals surface area contributed by atoms with E-state index < -0.39 is 0 Å². The van der Waals surface area contributed by atoms with Gasteiger partial charge in [-0.3, -0.25) is 0 Å². The van der Waals surface area contributed by atoms with Gasteiger partial charge in [0, 0.05) is 0 Å². The minimum Gasteiger partial charge on any atom is -0.393 e. The van der Waals surface area contributed by atoms with Crippen LogP contribution < -0.4 is 0 Å². The molecule has 2 unspecified atom stereocenters. The zero-order chi connectivity index (χ0) is 10.1. The summed E-state index contributed by atoms with van der Waals surface area (Å²) in [6.45, 7) is 0. The fourth-order valence-corrected chi connectivity index (χ4v) is 2.46. The minimum absolute atomic E-state index is 0.174. The Hall–Kier alpha value is -0.410. The molecule has 14 heavy (non-hydrogen) atoms. The number of benzene rings is 1. The van der Waals surface area contributed by atoms with Gasteiger partial charge in [-0.05, 0) is 52.7 Å². The Labute approximate surface area is 91.1 Å². The van der Waals surface area contributed by atoms with Crippen LogP contribution in [0.4, 0.5) is 4.39 Å². The Kier molecular flexibility index (Phi) is 2.88. The van der Waals surface area contributed by atoms with Crippen molar-refractivity contribution in [3.63, 3.8) is 0 Å². The number of rotatable bonds is 1. The van der Waals surface area contributed by atoms with E-state index in [9.17, 15) is 9.50 Å². The SMILES string of the molecule is OC1CCC(c2cccc(Br)c2F)C1. The summed E-state index contributed by atoms with van der Waals surface area (Å²) in [7, 11) is 0. The van der Waals surface area contributed by atoms with Crippen molar-refractivity contribution in [1.29, 1.82) is 0 Å². The molecular weight excluding hydrogens is 247 g/mol. The lowest BCUT2D eigenvalue weighted by Gasteiger charge is -2.11. The van der Waals surface area contributed by atoms with Crippen LogP contribution in [0, 0.1) is 5.82 Å². The van der Waals surface area contributed by atoms with Crippen LogP contribution in [0.2, 0.25) is 0 Å². The van der Waals surface area contributed by atoms with E-state index in [2.05, 4.69) is 15.9 Å². The maximum absolute atomic E-state index is 13.7. The van der Waals surface area contributed by atoms with Gasteiger partial charge in [-0.15, -0.1) is 0 Å². The molecule has 2 rings (SSSR count). The number of halogens is 2. The van der Waals surface area contributed by atoms with Crippen LogP contribution in [-0.4, -0.2) is 11.2 Å². The molecule has 0 saturated heterocycles. The van der Waals surface area contributed by atoms with Crippen LogP contribution in [0.5, 0.6) is 0 Å². The lowest BCUT2D eigenvalue weighted by molar-refractivity contribution is 0.181. The zero-order valence-electron chi connectivity index (χ0n) is 7.71. The van der Waals surface area contributed by atoms with Gasteiger partial charge in [-0.1, -0.05) is 12.1 Å².